The molecule has 0 aliphatic carbocycles. The molecule has 0 unspecified atom stereocenters. The highest BCUT2D eigenvalue weighted by Crippen LogP contribution is 2.19. The van der Waals surface area contributed by atoms with Crippen molar-refractivity contribution in [2.45, 2.75) is 57.5 Å². The Morgan fingerprint density at radius 1 is 0.844 bits per heavy atom. The van der Waals surface area contributed by atoms with Crippen molar-refractivity contribution in [1.82, 2.24) is 0 Å². The summed E-state index contributed by atoms with van der Waals surface area (Å²) in [6, 6.07) is 18.3. The molecule has 0 aromatic heterocycles. The Balaban J connectivity index is 1.80. The van der Waals surface area contributed by atoms with Gasteiger partial charge in [0.2, 0.25) is 0 Å². The molecule has 2 atom stereocenters. The Hall–Kier alpha value is -2.18. The first kappa shape index (κ1) is 26.1. The van der Waals surface area contributed by atoms with Gasteiger partial charge in [-0.15, -0.1) is 6.58 Å². The zero-order valence-corrected chi connectivity index (χ0v) is 19.5. The molecule has 0 heterocycles. The standard InChI is InChI=1S/C27H38O5/c1-4-10-26(32-22-28-2)19-27(31-21-24-14-16-25(29-3)17-15-24)13-8-9-18-30-20-23-11-6-5-7-12-23/h4-7,11-12,14-17,26-27H,1,8-10,13,18-22H2,2-3H3/t26-,27+/m1/s1. The zero-order valence-electron chi connectivity index (χ0n) is 19.5. The Morgan fingerprint density at radius 3 is 2.28 bits per heavy atom. The second-order valence-electron chi connectivity index (χ2n) is 7.77. The molecule has 0 N–H and O–H groups in total. The van der Waals surface area contributed by atoms with Crippen molar-refractivity contribution >= 4 is 0 Å². The van der Waals surface area contributed by atoms with Crippen LogP contribution < -0.4 is 4.74 Å². The van der Waals surface area contributed by atoms with Gasteiger partial charge in [-0.25, -0.2) is 0 Å². The number of rotatable bonds is 18. The van der Waals surface area contributed by atoms with Crippen LogP contribution in [-0.4, -0.2) is 39.8 Å². The van der Waals surface area contributed by atoms with Gasteiger partial charge in [0.15, 0.2) is 0 Å². The average molecular weight is 443 g/mol. The summed E-state index contributed by atoms with van der Waals surface area (Å²) in [6.07, 6.45) is 6.57. The number of hydrogen-bond donors (Lipinski definition) is 0. The largest absolute Gasteiger partial charge is 0.497 e. The molecule has 0 bridgehead atoms. The lowest BCUT2D eigenvalue weighted by molar-refractivity contribution is -0.0922. The maximum Gasteiger partial charge on any atom is 0.146 e. The minimum absolute atomic E-state index is 0.0302. The van der Waals surface area contributed by atoms with Crippen molar-refractivity contribution in [3.05, 3.63) is 78.4 Å². The maximum atomic E-state index is 6.30. The van der Waals surface area contributed by atoms with E-state index in [2.05, 4.69) is 18.7 Å². The van der Waals surface area contributed by atoms with Crippen LogP contribution in [0.25, 0.3) is 0 Å². The molecule has 0 saturated heterocycles. The predicted molar refractivity (Wildman–Crippen MR) is 128 cm³/mol. The second-order valence-corrected chi connectivity index (χ2v) is 7.77. The van der Waals surface area contributed by atoms with Crippen LogP contribution in [0.5, 0.6) is 5.75 Å². The molecule has 0 radical (unpaired) electrons. The molecule has 0 fully saturated rings. The van der Waals surface area contributed by atoms with E-state index in [1.54, 1.807) is 14.2 Å². The third kappa shape index (κ3) is 10.9. The molecule has 5 nitrogen and oxygen atoms in total. The fourth-order valence-corrected chi connectivity index (χ4v) is 3.42. The van der Waals surface area contributed by atoms with Crippen molar-refractivity contribution in [2.24, 2.45) is 0 Å². The molecule has 0 aliphatic heterocycles. The average Bonchev–Trinajstić information content (AvgIpc) is 2.84. The van der Waals surface area contributed by atoms with Gasteiger partial charge in [-0.2, -0.15) is 0 Å². The van der Waals surface area contributed by atoms with Gasteiger partial charge in [0.05, 0.1) is 32.5 Å². The van der Waals surface area contributed by atoms with E-state index < -0.39 is 0 Å². The summed E-state index contributed by atoms with van der Waals surface area (Å²) in [4.78, 5) is 0. The molecule has 0 amide bonds. The highest BCUT2D eigenvalue weighted by molar-refractivity contribution is 5.26. The van der Waals surface area contributed by atoms with Gasteiger partial charge in [0.25, 0.3) is 0 Å². The fourth-order valence-electron chi connectivity index (χ4n) is 3.42. The molecule has 176 valence electrons. The molecular weight excluding hydrogens is 404 g/mol. The van der Waals surface area contributed by atoms with E-state index in [4.69, 9.17) is 23.7 Å². The normalized spacial score (nSPS) is 12.9. The van der Waals surface area contributed by atoms with E-state index in [0.29, 0.717) is 13.2 Å². The second kappa shape index (κ2) is 16.5. The van der Waals surface area contributed by atoms with Gasteiger partial charge in [-0.3, -0.25) is 0 Å². The van der Waals surface area contributed by atoms with Crippen LogP contribution in [0.3, 0.4) is 0 Å². The van der Waals surface area contributed by atoms with E-state index in [1.807, 2.05) is 48.5 Å². The van der Waals surface area contributed by atoms with Gasteiger partial charge in [0.1, 0.15) is 12.5 Å². The number of methoxy groups -OCH3 is 2. The van der Waals surface area contributed by atoms with E-state index in [-0.39, 0.29) is 19.0 Å². The lowest BCUT2D eigenvalue weighted by atomic mass is 10.0. The monoisotopic (exact) mass is 442 g/mol. The van der Waals surface area contributed by atoms with Crippen molar-refractivity contribution in [3.63, 3.8) is 0 Å². The molecule has 32 heavy (non-hydrogen) atoms. The Kier molecular flexibility index (Phi) is 13.4. The summed E-state index contributed by atoms with van der Waals surface area (Å²) >= 11 is 0. The van der Waals surface area contributed by atoms with Crippen LogP contribution in [0.15, 0.2) is 67.3 Å². The molecule has 2 aromatic rings. The molecule has 0 aliphatic rings. The molecule has 0 spiro atoms. The van der Waals surface area contributed by atoms with E-state index in [9.17, 15) is 0 Å². The maximum absolute atomic E-state index is 6.30. The fraction of sp³-hybridized carbons (Fsp3) is 0.481. The van der Waals surface area contributed by atoms with Gasteiger partial charge >= 0.3 is 0 Å². The number of unbranched alkanes of at least 4 members (excludes halogenated alkanes) is 1. The SMILES string of the molecule is C=CC[C@H](C[C@H](CCCCOCc1ccccc1)OCc1ccc(OC)cc1)OCOC. The molecule has 2 rings (SSSR count). The van der Waals surface area contributed by atoms with Gasteiger partial charge < -0.3 is 23.7 Å². The molecule has 5 heteroatoms. The highest BCUT2D eigenvalue weighted by Gasteiger charge is 2.17. The number of ether oxygens (including phenoxy) is 5. The first-order valence-corrected chi connectivity index (χ1v) is 11.3. The molecule has 2 aromatic carbocycles. The minimum atomic E-state index is 0.0302. The van der Waals surface area contributed by atoms with Crippen molar-refractivity contribution in [3.8, 4) is 5.75 Å². The topological polar surface area (TPSA) is 46.2 Å². The first-order chi connectivity index (χ1) is 15.7. The third-order valence-corrected chi connectivity index (χ3v) is 5.20. The lowest BCUT2D eigenvalue weighted by Crippen LogP contribution is -2.24. The van der Waals surface area contributed by atoms with Crippen LogP contribution in [0.4, 0.5) is 0 Å². The van der Waals surface area contributed by atoms with Crippen LogP contribution in [-0.2, 0) is 32.2 Å². The quantitative estimate of drug-likeness (QED) is 0.163. The van der Waals surface area contributed by atoms with Crippen molar-refractivity contribution in [1.29, 1.82) is 0 Å². The van der Waals surface area contributed by atoms with E-state index in [1.165, 1.54) is 5.56 Å². The Bertz CT molecular complexity index is 717. The van der Waals surface area contributed by atoms with Crippen molar-refractivity contribution < 1.29 is 23.7 Å². The van der Waals surface area contributed by atoms with Gasteiger partial charge in [0, 0.05) is 20.1 Å². The van der Waals surface area contributed by atoms with E-state index >= 15 is 0 Å². The summed E-state index contributed by atoms with van der Waals surface area (Å²) < 4.78 is 28.3. The van der Waals surface area contributed by atoms with Crippen LogP contribution in [0.1, 0.15) is 43.2 Å². The van der Waals surface area contributed by atoms with Crippen molar-refractivity contribution in [2.75, 3.05) is 27.6 Å². The van der Waals surface area contributed by atoms with Gasteiger partial charge in [-0.05, 0) is 48.9 Å². The minimum Gasteiger partial charge on any atom is -0.497 e. The van der Waals surface area contributed by atoms with Crippen LogP contribution in [0.2, 0.25) is 0 Å². The summed E-state index contributed by atoms with van der Waals surface area (Å²) in [5.41, 5.74) is 2.33. The lowest BCUT2D eigenvalue weighted by Gasteiger charge is -2.24. The van der Waals surface area contributed by atoms with Crippen LogP contribution >= 0.6 is 0 Å². The first-order valence-electron chi connectivity index (χ1n) is 11.3. The third-order valence-electron chi connectivity index (χ3n) is 5.20. The highest BCUT2D eigenvalue weighted by atomic mass is 16.7. The molecular formula is C27H38O5. The summed E-state index contributed by atoms with van der Waals surface area (Å²) in [5.74, 6) is 0.847. The predicted octanol–water partition coefficient (Wildman–Crippen LogP) is 5.92. The number of hydrogen-bond acceptors (Lipinski definition) is 5. The van der Waals surface area contributed by atoms with Crippen LogP contribution in [0, 0.1) is 0 Å². The molecule has 0 saturated carbocycles. The Morgan fingerprint density at radius 2 is 1.59 bits per heavy atom. The smallest absolute Gasteiger partial charge is 0.146 e. The number of benzene rings is 2. The van der Waals surface area contributed by atoms with Gasteiger partial charge in [-0.1, -0.05) is 48.5 Å². The Labute approximate surface area is 193 Å². The summed E-state index contributed by atoms with van der Waals surface area (Å²) in [5, 5.41) is 0. The summed E-state index contributed by atoms with van der Waals surface area (Å²) in [7, 11) is 3.31. The summed E-state index contributed by atoms with van der Waals surface area (Å²) in [6.45, 7) is 6.09. The van der Waals surface area contributed by atoms with E-state index in [0.717, 1.165) is 50.0 Å². The zero-order chi connectivity index (χ0) is 22.9.